The van der Waals surface area contributed by atoms with E-state index in [0.717, 1.165) is 35.1 Å². The minimum atomic E-state index is -0.128. The number of aromatic nitrogens is 3. The molecule has 2 aromatic heterocycles. The van der Waals surface area contributed by atoms with E-state index >= 15 is 0 Å². The molecule has 0 atom stereocenters. The van der Waals surface area contributed by atoms with Crippen molar-refractivity contribution in [3.05, 3.63) is 82.0 Å². The smallest absolute Gasteiger partial charge is 0.255 e. The predicted octanol–water partition coefficient (Wildman–Crippen LogP) is 3.11. The zero-order chi connectivity index (χ0) is 18.9. The van der Waals surface area contributed by atoms with Crippen LogP contribution in [0.1, 0.15) is 16.8 Å². The highest BCUT2D eigenvalue weighted by molar-refractivity contribution is 7.98. The molecule has 0 fully saturated rings. The van der Waals surface area contributed by atoms with Gasteiger partial charge < -0.3 is 10.1 Å². The Morgan fingerprint density at radius 2 is 2.11 bits per heavy atom. The highest BCUT2D eigenvalue weighted by Gasteiger charge is 2.05. The second-order valence-electron chi connectivity index (χ2n) is 5.91. The molecular formula is C20H22N4O2S. The molecule has 0 radical (unpaired) electrons. The van der Waals surface area contributed by atoms with Crippen LogP contribution < -0.4 is 15.6 Å². The molecule has 2 heterocycles. The van der Waals surface area contributed by atoms with Gasteiger partial charge in [0.1, 0.15) is 5.75 Å². The highest BCUT2D eigenvalue weighted by Crippen LogP contribution is 2.15. The van der Waals surface area contributed by atoms with E-state index in [1.165, 1.54) is 0 Å². The lowest BCUT2D eigenvalue weighted by Crippen LogP contribution is -2.18. The Labute approximate surface area is 162 Å². The van der Waals surface area contributed by atoms with Crippen molar-refractivity contribution < 1.29 is 4.74 Å². The molecule has 7 heteroatoms. The van der Waals surface area contributed by atoms with Crippen LogP contribution in [0.15, 0.2) is 59.7 Å². The zero-order valence-electron chi connectivity index (χ0n) is 15.1. The Kier molecular flexibility index (Phi) is 6.87. The first-order valence-electron chi connectivity index (χ1n) is 8.67. The monoisotopic (exact) mass is 382 g/mol. The SMILES string of the molecule is COc1cccc(Cc2cnc(NCCSCc3ccccn3)[nH]c2=O)c1. The number of H-pyrrole nitrogens is 1. The van der Waals surface area contributed by atoms with Gasteiger partial charge in [0.2, 0.25) is 5.95 Å². The third-order valence-corrected chi connectivity index (χ3v) is 4.91. The lowest BCUT2D eigenvalue weighted by Gasteiger charge is -2.07. The molecule has 0 aliphatic carbocycles. The maximum Gasteiger partial charge on any atom is 0.255 e. The van der Waals surface area contributed by atoms with Crippen LogP contribution in [0.25, 0.3) is 0 Å². The van der Waals surface area contributed by atoms with Gasteiger partial charge in [-0.05, 0) is 29.8 Å². The molecule has 0 aliphatic rings. The van der Waals surface area contributed by atoms with E-state index < -0.39 is 0 Å². The lowest BCUT2D eigenvalue weighted by molar-refractivity contribution is 0.414. The van der Waals surface area contributed by atoms with Gasteiger partial charge in [0.15, 0.2) is 0 Å². The summed E-state index contributed by atoms with van der Waals surface area (Å²) in [6, 6.07) is 13.6. The largest absolute Gasteiger partial charge is 0.497 e. The fourth-order valence-electron chi connectivity index (χ4n) is 2.54. The molecule has 6 nitrogen and oxygen atoms in total. The van der Waals surface area contributed by atoms with Gasteiger partial charge in [-0.3, -0.25) is 14.8 Å². The first-order valence-corrected chi connectivity index (χ1v) is 9.83. The summed E-state index contributed by atoms with van der Waals surface area (Å²) in [5, 5.41) is 3.15. The van der Waals surface area contributed by atoms with Gasteiger partial charge in [-0.2, -0.15) is 11.8 Å². The summed E-state index contributed by atoms with van der Waals surface area (Å²) in [6.07, 6.45) is 3.94. The molecule has 0 saturated carbocycles. The van der Waals surface area contributed by atoms with Crippen LogP contribution in [-0.4, -0.2) is 34.4 Å². The fraction of sp³-hybridized carbons (Fsp3) is 0.250. The molecule has 3 aromatic rings. The molecular weight excluding hydrogens is 360 g/mol. The summed E-state index contributed by atoms with van der Waals surface area (Å²) in [5.74, 6) is 3.03. The number of rotatable bonds is 9. The second-order valence-corrected chi connectivity index (χ2v) is 7.02. The van der Waals surface area contributed by atoms with E-state index in [1.807, 2.05) is 42.5 Å². The number of hydrogen-bond acceptors (Lipinski definition) is 6. The maximum atomic E-state index is 12.3. The molecule has 0 saturated heterocycles. The number of nitrogens with one attached hydrogen (secondary N) is 2. The first kappa shape index (κ1) is 19.0. The molecule has 0 amide bonds. The number of aromatic amines is 1. The quantitative estimate of drug-likeness (QED) is 0.554. The minimum Gasteiger partial charge on any atom is -0.497 e. The van der Waals surface area contributed by atoms with Gasteiger partial charge in [-0.25, -0.2) is 4.98 Å². The fourth-order valence-corrected chi connectivity index (χ4v) is 3.31. The van der Waals surface area contributed by atoms with Crippen molar-refractivity contribution in [3.8, 4) is 5.75 Å². The van der Waals surface area contributed by atoms with E-state index in [9.17, 15) is 4.79 Å². The van der Waals surface area contributed by atoms with Crippen molar-refractivity contribution in [2.24, 2.45) is 0 Å². The van der Waals surface area contributed by atoms with Crippen LogP contribution in [0.3, 0.4) is 0 Å². The number of thioether (sulfide) groups is 1. The summed E-state index contributed by atoms with van der Waals surface area (Å²) in [6.45, 7) is 0.718. The van der Waals surface area contributed by atoms with Crippen molar-refractivity contribution in [3.63, 3.8) is 0 Å². The number of nitrogens with zero attached hydrogens (tertiary/aromatic N) is 2. The van der Waals surface area contributed by atoms with Crippen LogP contribution >= 0.6 is 11.8 Å². The van der Waals surface area contributed by atoms with Crippen molar-refractivity contribution in [1.29, 1.82) is 0 Å². The van der Waals surface area contributed by atoms with E-state index in [4.69, 9.17) is 4.74 Å². The molecule has 0 aliphatic heterocycles. The maximum absolute atomic E-state index is 12.3. The third kappa shape index (κ3) is 5.86. The van der Waals surface area contributed by atoms with Gasteiger partial charge in [0.25, 0.3) is 5.56 Å². The molecule has 3 rings (SSSR count). The average Bonchev–Trinajstić information content (AvgIpc) is 2.70. The zero-order valence-corrected chi connectivity index (χ0v) is 16.0. The van der Waals surface area contributed by atoms with Crippen molar-refractivity contribution in [2.75, 3.05) is 24.7 Å². The van der Waals surface area contributed by atoms with Crippen molar-refractivity contribution >= 4 is 17.7 Å². The molecule has 140 valence electrons. The summed E-state index contributed by atoms with van der Waals surface area (Å²) < 4.78 is 5.22. The molecule has 1 aromatic carbocycles. The normalized spacial score (nSPS) is 10.6. The summed E-state index contributed by atoms with van der Waals surface area (Å²) in [7, 11) is 1.63. The van der Waals surface area contributed by atoms with E-state index in [-0.39, 0.29) is 5.56 Å². The number of hydrogen-bond donors (Lipinski definition) is 2. The Bertz CT molecular complexity index is 915. The Balaban J connectivity index is 1.48. The van der Waals surface area contributed by atoms with Gasteiger partial charge in [0.05, 0.1) is 12.8 Å². The predicted molar refractivity (Wildman–Crippen MR) is 110 cm³/mol. The third-order valence-electron chi connectivity index (χ3n) is 3.92. The Hall–Kier alpha value is -2.80. The Morgan fingerprint density at radius 3 is 2.89 bits per heavy atom. The minimum absolute atomic E-state index is 0.128. The van der Waals surface area contributed by atoms with Crippen LogP contribution in [-0.2, 0) is 12.2 Å². The van der Waals surface area contributed by atoms with Crippen LogP contribution in [0, 0.1) is 0 Å². The van der Waals surface area contributed by atoms with Crippen LogP contribution in [0.5, 0.6) is 5.75 Å². The second kappa shape index (κ2) is 9.78. The first-order chi connectivity index (χ1) is 13.2. The van der Waals surface area contributed by atoms with Gasteiger partial charge in [0, 0.05) is 42.4 Å². The number of pyridine rings is 1. The molecule has 0 unspecified atom stereocenters. The van der Waals surface area contributed by atoms with Crippen molar-refractivity contribution in [1.82, 2.24) is 15.0 Å². The Morgan fingerprint density at radius 1 is 1.19 bits per heavy atom. The van der Waals surface area contributed by atoms with Gasteiger partial charge >= 0.3 is 0 Å². The lowest BCUT2D eigenvalue weighted by atomic mass is 10.1. The van der Waals surface area contributed by atoms with Gasteiger partial charge in [-0.15, -0.1) is 0 Å². The highest BCUT2D eigenvalue weighted by atomic mass is 32.2. The average molecular weight is 382 g/mol. The van der Waals surface area contributed by atoms with E-state index in [2.05, 4.69) is 20.3 Å². The van der Waals surface area contributed by atoms with Gasteiger partial charge in [-0.1, -0.05) is 18.2 Å². The van der Waals surface area contributed by atoms with E-state index in [0.29, 0.717) is 17.9 Å². The standard InChI is InChI=1S/C20H22N4O2S/c1-26-18-7-4-5-15(12-18)11-16-13-23-20(24-19(16)25)22-9-10-27-14-17-6-2-3-8-21-17/h2-8,12-13H,9-11,14H2,1H3,(H2,22,23,24,25). The van der Waals surface area contributed by atoms with Crippen LogP contribution in [0.4, 0.5) is 5.95 Å². The number of ether oxygens (including phenoxy) is 1. The summed E-state index contributed by atoms with van der Waals surface area (Å²) >= 11 is 1.78. The van der Waals surface area contributed by atoms with Crippen molar-refractivity contribution in [2.45, 2.75) is 12.2 Å². The number of anilines is 1. The topological polar surface area (TPSA) is 79.9 Å². The van der Waals surface area contributed by atoms with E-state index in [1.54, 1.807) is 31.3 Å². The summed E-state index contributed by atoms with van der Waals surface area (Å²) in [4.78, 5) is 23.7. The van der Waals surface area contributed by atoms with Crippen LogP contribution in [0.2, 0.25) is 0 Å². The molecule has 27 heavy (non-hydrogen) atoms. The number of benzene rings is 1. The summed E-state index contributed by atoms with van der Waals surface area (Å²) in [5.41, 5.74) is 2.57. The molecule has 0 bridgehead atoms. The molecule has 0 spiro atoms. The molecule has 2 N–H and O–H groups in total. The number of methoxy groups -OCH3 is 1.